The Hall–Kier alpha value is -1.62. The molecule has 1 aromatic heterocycles. The number of nitrogen functional groups attached to an aromatic ring is 1. The Morgan fingerprint density at radius 1 is 1.50 bits per heavy atom. The van der Waals surface area contributed by atoms with Crippen molar-refractivity contribution in [2.24, 2.45) is 5.92 Å². The van der Waals surface area contributed by atoms with Crippen LogP contribution in [0.15, 0.2) is 18.3 Å². The van der Waals surface area contributed by atoms with Gasteiger partial charge < -0.3 is 15.8 Å². The van der Waals surface area contributed by atoms with Crippen LogP contribution in [-0.4, -0.2) is 30.6 Å². The Balaban J connectivity index is 2.16. The van der Waals surface area contributed by atoms with E-state index in [1.165, 1.54) is 0 Å². The second-order valence-electron chi connectivity index (χ2n) is 4.58. The van der Waals surface area contributed by atoms with Crippen LogP contribution in [0.25, 0.3) is 0 Å². The number of nitrogens with two attached hydrogens (primary N) is 1. The van der Waals surface area contributed by atoms with E-state index in [2.05, 4.69) is 24.1 Å². The van der Waals surface area contributed by atoms with Gasteiger partial charge in [-0.2, -0.15) is 0 Å². The molecule has 18 heavy (non-hydrogen) atoms. The first-order valence-electron chi connectivity index (χ1n) is 6.12. The summed E-state index contributed by atoms with van der Waals surface area (Å²) in [4.78, 5) is 15.6. The van der Waals surface area contributed by atoms with Crippen LogP contribution in [-0.2, 0) is 16.0 Å². The molecule has 1 heterocycles. The van der Waals surface area contributed by atoms with Gasteiger partial charge in [0.25, 0.3) is 0 Å². The molecule has 5 nitrogen and oxygen atoms in total. The Morgan fingerprint density at radius 2 is 2.28 bits per heavy atom. The van der Waals surface area contributed by atoms with Crippen molar-refractivity contribution in [1.82, 2.24) is 10.3 Å². The number of anilines is 1. The molecule has 0 saturated heterocycles. The lowest BCUT2D eigenvalue weighted by Crippen LogP contribution is -2.29. The van der Waals surface area contributed by atoms with Crippen LogP contribution < -0.4 is 11.1 Å². The number of carbonyl (C=O) groups is 1. The topological polar surface area (TPSA) is 77.2 Å². The van der Waals surface area contributed by atoms with Crippen molar-refractivity contribution in [3.63, 3.8) is 0 Å². The minimum absolute atomic E-state index is 0.0552. The molecule has 0 spiro atoms. The number of nitrogens with zero attached hydrogens (tertiary/aromatic N) is 1. The van der Waals surface area contributed by atoms with Gasteiger partial charge in [0.15, 0.2) is 0 Å². The Morgan fingerprint density at radius 3 is 2.89 bits per heavy atom. The molecule has 100 valence electrons. The fraction of sp³-hybridized carbons (Fsp3) is 0.538. The van der Waals surface area contributed by atoms with Crippen molar-refractivity contribution in [1.29, 1.82) is 0 Å². The number of hydrogen-bond acceptors (Lipinski definition) is 4. The highest BCUT2D eigenvalue weighted by atomic mass is 16.5. The summed E-state index contributed by atoms with van der Waals surface area (Å²) in [6.07, 6.45) is 1.82. The molecule has 3 N–H and O–H groups in total. The lowest BCUT2D eigenvalue weighted by atomic mass is 10.2. The molecular formula is C13H21N3O2. The van der Waals surface area contributed by atoms with Gasteiger partial charge in [0.05, 0.1) is 24.9 Å². The average Bonchev–Trinajstić information content (AvgIpc) is 2.31. The number of amides is 1. The van der Waals surface area contributed by atoms with Gasteiger partial charge in [-0.15, -0.1) is 0 Å². The summed E-state index contributed by atoms with van der Waals surface area (Å²) in [7, 11) is 0. The lowest BCUT2D eigenvalue weighted by Gasteiger charge is -2.08. The van der Waals surface area contributed by atoms with E-state index in [4.69, 9.17) is 10.5 Å². The molecule has 0 atom stereocenters. The van der Waals surface area contributed by atoms with E-state index in [1.807, 2.05) is 0 Å². The quantitative estimate of drug-likeness (QED) is 0.709. The first kappa shape index (κ1) is 14.4. The molecule has 0 aliphatic carbocycles. The highest BCUT2D eigenvalue weighted by Crippen LogP contribution is 2.01. The molecule has 0 radical (unpaired) electrons. The Labute approximate surface area is 108 Å². The maximum absolute atomic E-state index is 11.6. The van der Waals surface area contributed by atoms with Gasteiger partial charge in [0.1, 0.15) is 0 Å². The molecule has 0 bridgehead atoms. The van der Waals surface area contributed by atoms with Crippen LogP contribution >= 0.6 is 0 Å². The summed E-state index contributed by atoms with van der Waals surface area (Å²) in [6, 6.07) is 3.49. The smallest absolute Gasteiger partial charge is 0.226 e. The average molecular weight is 251 g/mol. The molecule has 1 aromatic rings. The molecule has 0 aromatic carbocycles. The van der Waals surface area contributed by atoms with Crippen LogP contribution in [0, 0.1) is 5.92 Å². The van der Waals surface area contributed by atoms with Crippen molar-refractivity contribution in [2.75, 3.05) is 25.5 Å². The fourth-order valence-electron chi connectivity index (χ4n) is 1.35. The number of hydrogen-bond donors (Lipinski definition) is 2. The van der Waals surface area contributed by atoms with E-state index in [9.17, 15) is 4.79 Å². The van der Waals surface area contributed by atoms with Crippen LogP contribution in [0.3, 0.4) is 0 Å². The van der Waals surface area contributed by atoms with Crippen LogP contribution in [0.1, 0.15) is 19.5 Å². The SMILES string of the molecule is CC(C)COCCNC(=O)Cc1ccc(N)cn1. The van der Waals surface area contributed by atoms with E-state index in [1.54, 1.807) is 18.3 Å². The molecule has 5 heteroatoms. The van der Waals surface area contributed by atoms with Gasteiger partial charge in [0.2, 0.25) is 5.91 Å². The Kier molecular flexibility index (Phi) is 6.14. The zero-order valence-electron chi connectivity index (χ0n) is 11.0. The normalized spacial score (nSPS) is 10.6. The zero-order valence-corrected chi connectivity index (χ0v) is 11.0. The molecule has 0 aliphatic rings. The summed E-state index contributed by atoms with van der Waals surface area (Å²) in [5.74, 6) is 0.458. The predicted octanol–water partition coefficient (Wildman–Crippen LogP) is 0.995. The van der Waals surface area contributed by atoms with Crippen molar-refractivity contribution >= 4 is 11.6 Å². The second-order valence-corrected chi connectivity index (χ2v) is 4.58. The predicted molar refractivity (Wildman–Crippen MR) is 71.0 cm³/mol. The van der Waals surface area contributed by atoms with Crippen molar-refractivity contribution in [3.8, 4) is 0 Å². The minimum Gasteiger partial charge on any atom is -0.397 e. The van der Waals surface area contributed by atoms with E-state index in [-0.39, 0.29) is 12.3 Å². The van der Waals surface area contributed by atoms with Crippen molar-refractivity contribution in [3.05, 3.63) is 24.0 Å². The molecule has 0 aliphatic heterocycles. The summed E-state index contributed by atoms with van der Waals surface area (Å²) in [6.45, 7) is 5.96. The third-order valence-electron chi connectivity index (χ3n) is 2.21. The second kappa shape index (κ2) is 7.66. The van der Waals surface area contributed by atoms with Gasteiger partial charge in [-0.1, -0.05) is 13.8 Å². The third-order valence-corrected chi connectivity index (χ3v) is 2.21. The van der Waals surface area contributed by atoms with Gasteiger partial charge in [0, 0.05) is 18.8 Å². The fourth-order valence-corrected chi connectivity index (χ4v) is 1.35. The molecule has 0 fully saturated rings. The molecular weight excluding hydrogens is 230 g/mol. The maximum atomic E-state index is 11.6. The highest BCUT2D eigenvalue weighted by Gasteiger charge is 2.03. The summed E-state index contributed by atoms with van der Waals surface area (Å²) in [5.41, 5.74) is 6.83. The van der Waals surface area contributed by atoms with Gasteiger partial charge in [-0.05, 0) is 18.1 Å². The molecule has 1 amide bonds. The molecule has 1 rings (SSSR count). The van der Waals surface area contributed by atoms with E-state index in [0.29, 0.717) is 30.5 Å². The molecule has 0 saturated carbocycles. The van der Waals surface area contributed by atoms with Gasteiger partial charge >= 0.3 is 0 Å². The van der Waals surface area contributed by atoms with Crippen molar-refractivity contribution in [2.45, 2.75) is 20.3 Å². The molecule has 0 unspecified atom stereocenters. The number of ether oxygens (including phenoxy) is 1. The number of pyridine rings is 1. The first-order chi connectivity index (χ1) is 8.58. The lowest BCUT2D eigenvalue weighted by molar-refractivity contribution is -0.120. The summed E-state index contributed by atoms with van der Waals surface area (Å²) >= 11 is 0. The monoisotopic (exact) mass is 251 g/mol. The summed E-state index contributed by atoms with van der Waals surface area (Å²) < 4.78 is 5.36. The van der Waals surface area contributed by atoms with Crippen LogP contribution in [0.4, 0.5) is 5.69 Å². The Bertz CT molecular complexity index is 363. The number of rotatable bonds is 7. The minimum atomic E-state index is -0.0552. The van der Waals surface area contributed by atoms with E-state index >= 15 is 0 Å². The van der Waals surface area contributed by atoms with Crippen molar-refractivity contribution < 1.29 is 9.53 Å². The number of nitrogens with one attached hydrogen (secondary N) is 1. The van der Waals surface area contributed by atoms with Gasteiger partial charge in [-0.3, -0.25) is 9.78 Å². The maximum Gasteiger partial charge on any atom is 0.226 e. The zero-order chi connectivity index (χ0) is 13.4. The first-order valence-corrected chi connectivity index (χ1v) is 6.12. The highest BCUT2D eigenvalue weighted by molar-refractivity contribution is 5.78. The van der Waals surface area contributed by atoms with E-state index in [0.717, 1.165) is 6.61 Å². The largest absolute Gasteiger partial charge is 0.397 e. The van der Waals surface area contributed by atoms with E-state index < -0.39 is 0 Å². The summed E-state index contributed by atoms with van der Waals surface area (Å²) in [5, 5.41) is 2.78. The van der Waals surface area contributed by atoms with Gasteiger partial charge in [-0.25, -0.2) is 0 Å². The number of aromatic nitrogens is 1. The number of carbonyl (C=O) groups excluding carboxylic acids is 1. The standard InChI is InChI=1S/C13H21N3O2/c1-10(2)9-18-6-5-15-13(17)7-12-4-3-11(14)8-16-12/h3-4,8,10H,5-7,9,14H2,1-2H3,(H,15,17). The van der Waals surface area contributed by atoms with Crippen LogP contribution in [0.2, 0.25) is 0 Å². The third kappa shape index (κ3) is 6.20. The van der Waals surface area contributed by atoms with Crippen LogP contribution in [0.5, 0.6) is 0 Å².